The van der Waals surface area contributed by atoms with Crippen molar-refractivity contribution in [3.05, 3.63) is 17.5 Å². The second-order valence-electron chi connectivity index (χ2n) is 4.51. The maximum Gasteiger partial charge on any atom is 0.150 e. The molecule has 1 saturated heterocycles. The molecule has 0 saturated carbocycles. The molecular formula is C12H21N3O. The lowest BCUT2D eigenvalue weighted by atomic mass is 10.2. The van der Waals surface area contributed by atoms with Crippen molar-refractivity contribution in [2.45, 2.75) is 38.8 Å². The van der Waals surface area contributed by atoms with E-state index in [-0.39, 0.29) is 0 Å². The van der Waals surface area contributed by atoms with Gasteiger partial charge in [-0.2, -0.15) is 0 Å². The standard InChI is InChI=1S/C12H21N3O/c1-13-9-12-8-11(14-16-12)10-15-6-4-2-3-5-7-15/h8,13H,2-7,9-10H2,1H3. The topological polar surface area (TPSA) is 41.3 Å². The molecule has 2 rings (SSSR count). The molecule has 90 valence electrons. The molecule has 1 aliphatic rings. The van der Waals surface area contributed by atoms with Crippen LogP contribution in [0.2, 0.25) is 0 Å². The lowest BCUT2D eigenvalue weighted by Crippen LogP contribution is -2.24. The van der Waals surface area contributed by atoms with Gasteiger partial charge in [0.2, 0.25) is 0 Å². The first-order valence-electron chi connectivity index (χ1n) is 6.20. The lowest BCUT2D eigenvalue weighted by molar-refractivity contribution is 0.265. The Bertz CT molecular complexity index is 303. The molecule has 0 aromatic carbocycles. The average Bonchev–Trinajstić information content (AvgIpc) is 2.56. The van der Waals surface area contributed by atoms with Crippen LogP contribution < -0.4 is 5.32 Å². The molecule has 4 heteroatoms. The van der Waals surface area contributed by atoms with Crippen molar-refractivity contribution in [3.8, 4) is 0 Å². The van der Waals surface area contributed by atoms with Crippen LogP contribution in [0, 0.1) is 0 Å². The Hall–Kier alpha value is -0.870. The van der Waals surface area contributed by atoms with Crippen molar-refractivity contribution in [2.75, 3.05) is 20.1 Å². The third-order valence-corrected chi connectivity index (χ3v) is 3.04. The summed E-state index contributed by atoms with van der Waals surface area (Å²) in [7, 11) is 1.91. The van der Waals surface area contributed by atoms with Crippen LogP contribution in [-0.2, 0) is 13.1 Å². The Kier molecular flexibility index (Phi) is 4.36. The number of hydrogen-bond acceptors (Lipinski definition) is 4. The number of likely N-dealkylation sites (tertiary alicyclic amines) is 1. The molecule has 0 amide bonds. The first kappa shape index (κ1) is 11.6. The van der Waals surface area contributed by atoms with Crippen molar-refractivity contribution in [2.24, 2.45) is 0 Å². The predicted molar refractivity (Wildman–Crippen MR) is 63.0 cm³/mol. The molecule has 0 unspecified atom stereocenters. The average molecular weight is 223 g/mol. The quantitative estimate of drug-likeness (QED) is 0.844. The second-order valence-corrected chi connectivity index (χ2v) is 4.51. The van der Waals surface area contributed by atoms with Gasteiger partial charge in [0.25, 0.3) is 0 Å². The molecule has 0 bridgehead atoms. The largest absolute Gasteiger partial charge is 0.360 e. The van der Waals surface area contributed by atoms with Gasteiger partial charge >= 0.3 is 0 Å². The van der Waals surface area contributed by atoms with Gasteiger partial charge in [0.1, 0.15) is 0 Å². The lowest BCUT2D eigenvalue weighted by Gasteiger charge is -2.17. The zero-order valence-corrected chi connectivity index (χ0v) is 10.0. The van der Waals surface area contributed by atoms with Gasteiger partial charge in [0.05, 0.1) is 12.2 Å². The Morgan fingerprint density at radius 1 is 1.31 bits per heavy atom. The van der Waals surface area contributed by atoms with Crippen LogP contribution in [0.15, 0.2) is 10.6 Å². The summed E-state index contributed by atoms with van der Waals surface area (Å²) in [5, 5.41) is 7.17. The van der Waals surface area contributed by atoms with Gasteiger partial charge in [-0.3, -0.25) is 4.90 Å². The molecule has 1 aromatic heterocycles. The van der Waals surface area contributed by atoms with Gasteiger partial charge in [0.15, 0.2) is 5.76 Å². The third kappa shape index (κ3) is 3.32. The highest BCUT2D eigenvalue weighted by molar-refractivity contribution is 5.05. The minimum atomic E-state index is 0.757. The summed E-state index contributed by atoms with van der Waals surface area (Å²) in [6.07, 6.45) is 5.39. The van der Waals surface area contributed by atoms with E-state index in [4.69, 9.17) is 4.52 Å². The van der Waals surface area contributed by atoms with Gasteiger partial charge < -0.3 is 9.84 Å². The van der Waals surface area contributed by atoms with Crippen molar-refractivity contribution < 1.29 is 4.52 Å². The van der Waals surface area contributed by atoms with E-state index in [0.717, 1.165) is 24.5 Å². The Morgan fingerprint density at radius 2 is 2.06 bits per heavy atom. The smallest absolute Gasteiger partial charge is 0.150 e. The molecule has 0 radical (unpaired) electrons. The van der Waals surface area contributed by atoms with E-state index in [0.29, 0.717) is 0 Å². The van der Waals surface area contributed by atoms with Gasteiger partial charge in [-0.1, -0.05) is 18.0 Å². The summed E-state index contributed by atoms with van der Waals surface area (Å²) < 4.78 is 5.24. The fourth-order valence-electron chi connectivity index (χ4n) is 2.21. The van der Waals surface area contributed by atoms with Gasteiger partial charge in [-0.05, 0) is 33.0 Å². The van der Waals surface area contributed by atoms with Gasteiger partial charge in [0, 0.05) is 12.6 Å². The minimum Gasteiger partial charge on any atom is -0.360 e. The summed E-state index contributed by atoms with van der Waals surface area (Å²) in [6, 6.07) is 2.06. The molecule has 1 aliphatic heterocycles. The number of aromatic nitrogens is 1. The molecule has 2 heterocycles. The SMILES string of the molecule is CNCc1cc(CN2CCCCCC2)no1. The van der Waals surface area contributed by atoms with E-state index in [9.17, 15) is 0 Å². The molecule has 1 N–H and O–H groups in total. The molecule has 1 aromatic rings. The fraction of sp³-hybridized carbons (Fsp3) is 0.750. The van der Waals surface area contributed by atoms with Crippen LogP contribution in [0.5, 0.6) is 0 Å². The van der Waals surface area contributed by atoms with E-state index in [1.165, 1.54) is 38.8 Å². The van der Waals surface area contributed by atoms with Crippen LogP contribution in [0.3, 0.4) is 0 Å². The fourth-order valence-corrected chi connectivity index (χ4v) is 2.21. The maximum atomic E-state index is 5.24. The Labute approximate surface area is 97.0 Å². The highest BCUT2D eigenvalue weighted by atomic mass is 16.5. The normalized spacial score (nSPS) is 18.6. The summed E-state index contributed by atoms with van der Waals surface area (Å²) >= 11 is 0. The second kappa shape index (κ2) is 6.01. The molecular weight excluding hydrogens is 202 g/mol. The van der Waals surface area contributed by atoms with Crippen LogP contribution in [0.1, 0.15) is 37.1 Å². The summed E-state index contributed by atoms with van der Waals surface area (Å²) in [5.41, 5.74) is 1.06. The van der Waals surface area contributed by atoms with Crippen LogP contribution in [0.25, 0.3) is 0 Å². The summed E-state index contributed by atoms with van der Waals surface area (Å²) in [6.45, 7) is 4.10. The summed E-state index contributed by atoms with van der Waals surface area (Å²) in [4.78, 5) is 2.48. The number of nitrogens with one attached hydrogen (secondary N) is 1. The molecule has 4 nitrogen and oxygen atoms in total. The molecule has 1 fully saturated rings. The Balaban J connectivity index is 1.86. The van der Waals surface area contributed by atoms with Crippen LogP contribution >= 0.6 is 0 Å². The summed E-state index contributed by atoms with van der Waals surface area (Å²) in [5.74, 6) is 0.923. The van der Waals surface area contributed by atoms with E-state index in [1.807, 2.05) is 7.05 Å². The van der Waals surface area contributed by atoms with Crippen LogP contribution in [0.4, 0.5) is 0 Å². The van der Waals surface area contributed by atoms with Crippen molar-refractivity contribution in [1.29, 1.82) is 0 Å². The van der Waals surface area contributed by atoms with E-state index >= 15 is 0 Å². The maximum absolute atomic E-state index is 5.24. The van der Waals surface area contributed by atoms with E-state index in [1.54, 1.807) is 0 Å². The number of hydrogen-bond donors (Lipinski definition) is 1. The molecule has 0 atom stereocenters. The monoisotopic (exact) mass is 223 g/mol. The molecule has 16 heavy (non-hydrogen) atoms. The third-order valence-electron chi connectivity index (χ3n) is 3.04. The minimum absolute atomic E-state index is 0.757. The van der Waals surface area contributed by atoms with Crippen LogP contribution in [-0.4, -0.2) is 30.2 Å². The van der Waals surface area contributed by atoms with Crippen molar-refractivity contribution in [3.63, 3.8) is 0 Å². The zero-order chi connectivity index (χ0) is 11.2. The van der Waals surface area contributed by atoms with Gasteiger partial charge in [-0.25, -0.2) is 0 Å². The predicted octanol–water partition coefficient (Wildman–Crippen LogP) is 1.77. The van der Waals surface area contributed by atoms with E-state index < -0.39 is 0 Å². The Morgan fingerprint density at radius 3 is 2.75 bits per heavy atom. The zero-order valence-electron chi connectivity index (χ0n) is 10.0. The van der Waals surface area contributed by atoms with Crippen molar-refractivity contribution in [1.82, 2.24) is 15.4 Å². The highest BCUT2D eigenvalue weighted by Gasteiger charge is 2.11. The molecule has 0 aliphatic carbocycles. The first-order valence-corrected chi connectivity index (χ1v) is 6.20. The van der Waals surface area contributed by atoms with E-state index in [2.05, 4.69) is 21.4 Å². The number of rotatable bonds is 4. The van der Waals surface area contributed by atoms with Gasteiger partial charge in [-0.15, -0.1) is 0 Å². The van der Waals surface area contributed by atoms with Crippen molar-refractivity contribution >= 4 is 0 Å². The molecule has 0 spiro atoms. The number of nitrogens with zero attached hydrogens (tertiary/aromatic N) is 2. The first-order chi connectivity index (χ1) is 7.88. The highest BCUT2D eigenvalue weighted by Crippen LogP contribution is 2.13.